The molecule has 1 aromatic rings. The van der Waals surface area contributed by atoms with Crippen molar-refractivity contribution in [1.82, 2.24) is 14.7 Å². The molecule has 2 aliphatic rings. The Bertz CT molecular complexity index is 593. The van der Waals surface area contributed by atoms with Gasteiger partial charge in [0.1, 0.15) is 5.69 Å². The summed E-state index contributed by atoms with van der Waals surface area (Å²) in [6.07, 6.45) is 2.02. The molecule has 3 rings (SSSR count). The second-order valence-electron chi connectivity index (χ2n) is 5.87. The molecule has 120 valence electrons. The number of rotatable bonds is 3. The zero-order chi connectivity index (χ0) is 15.7. The van der Waals surface area contributed by atoms with Gasteiger partial charge in [0, 0.05) is 19.5 Å². The smallest absolute Gasteiger partial charge is 0.269 e. The lowest BCUT2D eigenvalue weighted by Gasteiger charge is -2.43. The van der Waals surface area contributed by atoms with Crippen molar-refractivity contribution in [1.29, 1.82) is 0 Å². The SMILES string of the molecule is NC(=O)c1cc2n(n1)CC1(CCN(C(=O)CCS)CC1)OC2. The molecule has 1 fully saturated rings. The topological polar surface area (TPSA) is 90.5 Å². The van der Waals surface area contributed by atoms with Crippen molar-refractivity contribution in [2.24, 2.45) is 5.73 Å². The van der Waals surface area contributed by atoms with Crippen LogP contribution in [0.25, 0.3) is 0 Å². The van der Waals surface area contributed by atoms with E-state index in [-0.39, 0.29) is 17.2 Å². The molecule has 0 bridgehead atoms. The van der Waals surface area contributed by atoms with Gasteiger partial charge in [0.05, 0.1) is 24.4 Å². The van der Waals surface area contributed by atoms with Crippen LogP contribution >= 0.6 is 12.6 Å². The predicted octanol–water partition coefficient (Wildman–Crippen LogP) is 0.193. The summed E-state index contributed by atoms with van der Waals surface area (Å²) in [5.41, 5.74) is 6.11. The average molecular weight is 324 g/mol. The van der Waals surface area contributed by atoms with E-state index in [0.29, 0.717) is 38.4 Å². The van der Waals surface area contributed by atoms with E-state index in [4.69, 9.17) is 10.5 Å². The van der Waals surface area contributed by atoms with Gasteiger partial charge in [-0.3, -0.25) is 14.3 Å². The Morgan fingerprint density at radius 3 is 2.77 bits per heavy atom. The minimum Gasteiger partial charge on any atom is -0.367 e. The number of nitrogens with zero attached hydrogens (tertiary/aromatic N) is 3. The van der Waals surface area contributed by atoms with Crippen LogP contribution in [0, 0.1) is 0 Å². The summed E-state index contributed by atoms with van der Waals surface area (Å²) in [5.74, 6) is 0.198. The first-order chi connectivity index (χ1) is 10.5. The van der Waals surface area contributed by atoms with Crippen LogP contribution in [0.5, 0.6) is 0 Å². The molecule has 0 saturated carbocycles. The molecule has 1 spiro atoms. The number of aromatic nitrogens is 2. The number of fused-ring (bicyclic) bond motifs is 1. The van der Waals surface area contributed by atoms with Crippen LogP contribution in [-0.4, -0.2) is 50.9 Å². The Balaban J connectivity index is 1.67. The fourth-order valence-corrected chi connectivity index (χ4v) is 3.29. The maximum Gasteiger partial charge on any atom is 0.269 e. The molecule has 8 heteroatoms. The van der Waals surface area contributed by atoms with Crippen molar-refractivity contribution in [3.8, 4) is 0 Å². The van der Waals surface area contributed by atoms with Crippen molar-refractivity contribution < 1.29 is 14.3 Å². The van der Waals surface area contributed by atoms with E-state index in [1.165, 1.54) is 0 Å². The lowest BCUT2D eigenvalue weighted by molar-refractivity contribution is -0.145. The second-order valence-corrected chi connectivity index (χ2v) is 6.32. The molecule has 1 aromatic heterocycles. The van der Waals surface area contributed by atoms with Gasteiger partial charge >= 0.3 is 0 Å². The third-order valence-electron chi connectivity index (χ3n) is 4.43. The van der Waals surface area contributed by atoms with Crippen LogP contribution in [0.4, 0.5) is 0 Å². The fraction of sp³-hybridized carbons (Fsp3) is 0.643. The molecule has 2 aliphatic heterocycles. The summed E-state index contributed by atoms with van der Waals surface area (Å²) >= 11 is 4.10. The van der Waals surface area contributed by atoms with E-state index in [0.717, 1.165) is 18.5 Å². The molecule has 7 nitrogen and oxygen atoms in total. The summed E-state index contributed by atoms with van der Waals surface area (Å²) in [6.45, 7) is 2.40. The monoisotopic (exact) mass is 324 g/mol. The van der Waals surface area contributed by atoms with Crippen LogP contribution in [0.15, 0.2) is 6.07 Å². The Labute approximate surface area is 134 Å². The van der Waals surface area contributed by atoms with Gasteiger partial charge in [-0.1, -0.05) is 0 Å². The molecular weight excluding hydrogens is 304 g/mol. The molecule has 0 aliphatic carbocycles. The number of piperidine rings is 1. The zero-order valence-corrected chi connectivity index (χ0v) is 13.2. The Kier molecular flexibility index (Phi) is 4.14. The molecule has 2 N–H and O–H groups in total. The highest BCUT2D eigenvalue weighted by Gasteiger charge is 2.40. The number of likely N-dealkylation sites (tertiary alicyclic amines) is 1. The zero-order valence-electron chi connectivity index (χ0n) is 12.3. The third kappa shape index (κ3) is 2.85. The number of hydrogen-bond acceptors (Lipinski definition) is 5. The number of primary amides is 1. The van der Waals surface area contributed by atoms with Crippen LogP contribution in [0.3, 0.4) is 0 Å². The van der Waals surface area contributed by atoms with Crippen molar-refractivity contribution >= 4 is 24.4 Å². The highest BCUT2D eigenvalue weighted by molar-refractivity contribution is 7.80. The number of ether oxygens (including phenoxy) is 1. The molecule has 3 heterocycles. The molecule has 1 saturated heterocycles. The van der Waals surface area contributed by atoms with Gasteiger partial charge in [0.2, 0.25) is 5.91 Å². The van der Waals surface area contributed by atoms with Crippen molar-refractivity contribution in [2.75, 3.05) is 18.8 Å². The first kappa shape index (κ1) is 15.4. The van der Waals surface area contributed by atoms with Crippen LogP contribution in [0.1, 0.15) is 35.4 Å². The van der Waals surface area contributed by atoms with Crippen molar-refractivity contribution in [3.05, 3.63) is 17.5 Å². The van der Waals surface area contributed by atoms with Crippen molar-refractivity contribution in [3.63, 3.8) is 0 Å². The van der Waals surface area contributed by atoms with Crippen LogP contribution in [-0.2, 0) is 22.7 Å². The highest BCUT2D eigenvalue weighted by Crippen LogP contribution is 2.33. The molecule has 0 radical (unpaired) electrons. The maximum absolute atomic E-state index is 11.9. The van der Waals surface area contributed by atoms with E-state index in [1.54, 1.807) is 6.07 Å². The predicted molar refractivity (Wildman–Crippen MR) is 82.5 cm³/mol. The Hall–Kier alpha value is -1.54. The fourth-order valence-electron chi connectivity index (χ4n) is 3.09. The Morgan fingerprint density at radius 1 is 1.41 bits per heavy atom. The van der Waals surface area contributed by atoms with Gasteiger partial charge in [-0.15, -0.1) is 0 Å². The Morgan fingerprint density at radius 2 is 2.14 bits per heavy atom. The second kappa shape index (κ2) is 5.92. The molecule has 2 amide bonds. The summed E-state index contributed by atoms with van der Waals surface area (Å²) in [6, 6.07) is 1.68. The molecule has 0 atom stereocenters. The van der Waals surface area contributed by atoms with E-state index >= 15 is 0 Å². The molecule has 0 unspecified atom stereocenters. The lowest BCUT2D eigenvalue weighted by atomic mass is 9.90. The van der Waals surface area contributed by atoms with E-state index in [9.17, 15) is 9.59 Å². The summed E-state index contributed by atoms with van der Waals surface area (Å²) in [4.78, 5) is 25.0. The summed E-state index contributed by atoms with van der Waals surface area (Å²) in [7, 11) is 0. The number of carbonyl (C=O) groups is 2. The van der Waals surface area contributed by atoms with Gasteiger partial charge in [-0.2, -0.15) is 17.7 Å². The maximum atomic E-state index is 11.9. The lowest BCUT2D eigenvalue weighted by Crippen LogP contribution is -2.52. The van der Waals surface area contributed by atoms with E-state index in [2.05, 4.69) is 17.7 Å². The number of carbonyl (C=O) groups excluding carboxylic acids is 2. The highest BCUT2D eigenvalue weighted by atomic mass is 32.1. The number of thiol groups is 1. The summed E-state index contributed by atoms with van der Waals surface area (Å²) in [5, 5.41) is 4.25. The van der Waals surface area contributed by atoms with Crippen LogP contribution in [0.2, 0.25) is 0 Å². The minimum atomic E-state index is -0.525. The van der Waals surface area contributed by atoms with E-state index < -0.39 is 5.91 Å². The molecule has 0 aromatic carbocycles. The third-order valence-corrected chi connectivity index (χ3v) is 4.66. The minimum absolute atomic E-state index is 0.149. The van der Waals surface area contributed by atoms with Crippen molar-refractivity contribution in [2.45, 2.75) is 38.0 Å². The summed E-state index contributed by atoms with van der Waals surface area (Å²) < 4.78 is 7.86. The standard InChI is InChI=1S/C14H20N4O3S/c15-13(20)11-7-10-8-21-14(9-18(10)16-11)2-4-17(5-3-14)12(19)1-6-22/h7,22H,1-6,8-9H2,(H2,15,20). The number of nitrogens with two attached hydrogens (primary N) is 1. The van der Waals surface area contributed by atoms with Gasteiger partial charge in [0.15, 0.2) is 0 Å². The quantitative estimate of drug-likeness (QED) is 0.777. The normalized spacial score (nSPS) is 20.0. The average Bonchev–Trinajstić information content (AvgIpc) is 2.91. The number of hydrogen-bond donors (Lipinski definition) is 2. The van der Waals surface area contributed by atoms with Gasteiger partial charge < -0.3 is 15.4 Å². The molecular formula is C14H20N4O3S. The first-order valence-corrected chi connectivity index (χ1v) is 8.05. The number of amides is 2. The van der Waals surface area contributed by atoms with E-state index in [1.807, 2.05) is 9.58 Å². The molecule has 22 heavy (non-hydrogen) atoms. The van der Waals surface area contributed by atoms with Gasteiger partial charge in [-0.05, 0) is 24.7 Å². The largest absolute Gasteiger partial charge is 0.367 e. The van der Waals surface area contributed by atoms with Gasteiger partial charge in [-0.25, -0.2) is 0 Å². The first-order valence-electron chi connectivity index (χ1n) is 7.42. The van der Waals surface area contributed by atoms with Crippen LogP contribution < -0.4 is 5.73 Å². The van der Waals surface area contributed by atoms with Gasteiger partial charge in [0.25, 0.3) is 5.91 Å².